The van der Waals surface area contributed by atoms with Crippen LogP contribution >= 0.6 is 0 Å². The Hall–Kier alpha value is -6.35. The number of amides is 3. The van der Waals surface area contributed by atoms with Crippen LogP contribution < -0.4 is 21.1 Å². The molecule has 4 aliphatic rings. The van der Waals surface area contributed by atoms with Crippen molar-refractivity contribution in [3.63, 3.8) is 0 Å². The fourth-order valence-corrected chi connectivity index (χ4v) is 9.85. The smallest absolute Gasteiger partial charge is 0.381 e. The summed E-state index contributed by atoms with van der Waals surface area (Å²) >= 11 is 0. The number of benzene rings is 3. The van der Waals surface area contributed by atoms with E-state index in [4.69, 9.17) is 14.2 Å². The molecule has 6 aromatic rings. The second-order valence-electron chi connectivity index (χ2n) is 16.7. The number of aryl methyl sites for hydroxylation is 2. The van der Waals surface area contributed by atoms with Crippen LogP contribution in [-0.2, 0) is 16.7 Å². The zero-order valence-electron chi connectivity index (χ0n) is 33.9. The number of aromatic nitrogens is 5. The van der Waals surface area contributed by atoms with Crippen LogP contribution in [0.25, 0.3) is 16.6 Å². The summed E-state index contributed by atoms with van der Waals surface area (Å²) in [6.07, 6.45) is 2.64. The average molecular weight is 813 g/mol. The first-order valence-electron chi connectivity index (χ1n) is 20.6. The van der Waals surface area contributed by atoms with Crippen LogP contribution in [0.4, 0.5) is 20.8 Å². The van der Waals surface area contributed by atoms with Gasteiger partial charge in [0.15, 0.2) is 5.82 Å². The first kappa shape index (κ1) is 37.9. The summed E-state index contributed by atoms with van der Waals surface area (Å²) in [5.74, 6) is -0.503. The van der Waals surface area contributed by atoms with E-state index in [1.807, 2.05) is 47.9 Å². The molecule has 3 aromatic heterocycles. The molecule has 2 saturated heterocycles. The second-order valence-corrected chi connectivity index (χ2v) is 16.7. The standard InChI is InChI=1S/C45H45FN8O6/c1-25-20-33(21-26(2)37(25)46)53-39(55)34-12-15-50(28(4)38(34)47-42(53)52-17-16-51(44(52)58)32-8-6-5-7-9-32)40(56)36-23-31-22-30(29-13-18-59-19-14-29)10-11-35(31)54(36)45(24-27(45)3)41-48-43(57)60-49-41/h5-11,20-23,27-29H,12-19,24H2,1-4H3,(H,48,49,57)/t27-,28+,45+/m1/s1. The number of nitrogens with one attached hydrogen (secondary N) is 1. The molecule has 10 rings (SSSR count). The van der Waals surface area contributed by atoms with Crippen LogP contribution in [0.1, 0.15) is 89.3 Å². The molecule has 0 radical (unpaired) electrons. The zero-order valence-corrected chi connectivity index (χ0v) is 33.9. The van der Waals surface area contributed by atoms with Gasteiger partial charge in [0.25, 0.3) is 11.5 Å². The summed E-state index contributed by atoms with van der Waals surface area (Å²) in [5, 5.41) is 5.03. The van der Waals surface area contributed by atoms with Crippen molar-refractivity contribution >= 4 is 34.5 Å². The van der Waals surface area contributed by atoms with Gasteiger partial charge in [-0.2, -0.15) is 0 Å². The van der Waals surface area contributed by atoms with Crippen molar-refractivity contribution in [3.05, 3.63) is 133 Å². The Morgan fingerprint density at radius 2 is 1.62 bits per heavy atom. The summed E-state index contributed by atoms with van der Waals surface area (Å²) in [6.45, 7) is 9.41. The number of halogens is 1. The van der Waals surface area contributed by atoms with E-state index in [1.54, 1.807) is 35.8 Å². The van der Waals surface area contributed by atoms with Gasteiger partial charge in [-0.15, -0.1) is 0 Å². The Kier molecular flexibility index (Phi) is 8.93. The van der Waals surface area contributed by atoms with Gasteiger partial charge < -0.3 is 14.2 Å². The van der Waals surface area contributed by atoms with E-state index in [-0.39, 0.29) is 54.7 Å². The molecule has 308 valence electrons. The molecule has 0 spiro atoms. The molecule has 6 heterocycles. The number of urea groups is 1. The van der Waals surface area contributed by atoms with E-state index < -0.39 is 17.3 Å². The molecular formula is C45H45FN8O6. The Balaban J connectivity index is 1.09. The summed E-state index contributed by atoms with van der Waals surface area (Å²) in [7, 11) is 0. The number of anilines is 2. The number of para-hydroxylation sites is 1. The molecular weight excluding hydrogens is 768 g/mol. The largest absolute Gasteiger partial charge is 0.438 e. The van der Waals surface area contributed by atoms with Crippen molar-refractivity contribution in [2.24, 2.45) is 5.92 Å². The van der Waals surface area contributed by atoms with E-state index in [9.17, 15) is 18.8 Å². The van der Waals surface area contributed by atoms with Gasteiger partial charge >= 0.3 is 11.8 Å². The molecule has 3 fully saturated rings. The molecule has 1 saturated carbocycles. The minimum atomic E-state index is -0.832. The van der Waals surface area contributed by atoms with Crippen molar-refractivity contribution in [2.45, 2.75) is 70.9 Å². The molecule has 1 N–H and O–H groups in total. The highest BCUT2D eigenvalue weighted by Crippen LogP contribution is 2.56. The van der Waals surface area contributed by atoms with Crippen LogP contribution in [0, 0.1) is 25.6 Å². The average Bonchev–Trinajstić information content (AvgIpc) is 3.58. The maximum Gasteiger partial charge on any atom is 0.438 e. The number of hydrogen-bond acceptors (Lipinski definition) is 8. The zero-order chi connectivity index (χ0) is 41.6. The Morgan fingerprint density at radius 3 is 2.30 bits per heavy atom. The molecule has 15 heteroatoms. The third-order valence-electron chi connectivity index (χ3n) is 13.2. The number of rotatable bonds is 7. The van der Waals surface area contributed by atoms with Crippen LogP contribution in [-0.4, -0.2) is 73.9 Å². The number of H-pyrrole nitrogens is 1. The summed E-state index contributed by atoms with van der Waals surface area (Å²) in [5.41, 5.74) is 3.87. The maximum atomic E-state index is 15.2. The lowest BCUT2D eigenvalue weighted by Gasteiger charge is -2.36. The van der Waals surface area contributed by atoms with E-state index >= 15 is 4.79 Å². The first-order valence-corrected chi connectivity index (χ1v) is 20.6. The van der Waals surface area contributed by atoms with Crippen molar-refractivity contribution in [1.29, 1.82) is 0 Å². The highest BCUT2D eigenvalue weighted by atomic mass is 19.1. The van der Waals surface area contributed by atoms with Crippen LogP contribution in [0.15, 0.2) is 80.8 Å². The van der Waals surface area contributed by atoms with Gasteiger partial charge in [0.05, 0.1) is 17.4 Å². The van der Waals surface area contributed by atoms with Crippen LogP contribution in [0.5, 0.6) is 0 Å². The lowest BCUT2D eigenvalue weighted by Crippen LogP contribution is -2.45. The lowest BCUT2D eigenvalue weighted by molar-refractivity contribution is 0.0658. The lowest BCUT2D eigenvalue weighted by atomic mass is 9.91. The van der Waals surface area contributed by atoms with Crippen molar-refractivity contribution in [3.8, 4) is 5.69 Å². The molecule has 3 aromatic carbocycles. The van der Waals surface area contributed by atoms with E-state index in [0.29, 0.717) is 77.4 Å². The summed E-state index contributed by atoms with van der Waals surface area (Å²) in [6, 6.07) is 19.7. The van der Waals surface area contributed by atoms with E-state index in [0.717, 1.165) is 23.7 Å². The predicted molar refractivity (Wildman–Crippen MR) is 222 cm³/mol. The normalized spacial score (nSPS) is 21.9. The van der Waals surface area contributed by atoms with Crippen LogP contribution in [0.2, 0.25) is 0 Å². The van der Waals surface area contributed by atoms with Crippen LogP contribution in [0.3, 0.4) is 0 Å². The minimum Gasteiger partial charge on any atom is -0.381 e. The molecule has 1 aliphatic carbocycles. The number of carbonyl (C=O) groups excluding carboxylic acids is 2. The Bertz CT molecular complexity index is 2820. The van der Waals surface area contributed by atoms with E-state index in [1.165, 1.54) is 15.0 Å². The van der Waals surface area contributed by atoms with E-state index in [2.05, 4.69) is 35.3 Å². The third-order valence-corrected chi connectivity index (χ3v) is 13.2. The fraction of sp³-hybridized carbons (Fsp3) is 0.378. The van der Waals surface area contributed by atoms with Gasteiger partial charge in [-0.1, -0.05) is 36.3 Å². The molecule has 3 atom stereocenters. The van der Waals surface area contributed by atoms with Gasteiger partial charge in [0.2, 0.25) is 5.95 Å². The number of carbonyl (C=O) groups is 2. The predicted octanol–water partition coefficient (Wildman–Crippen LogP) is 6.50. The second kappa shape index (κ2) is 14.1. The number of nitrogens with zero attached hydrogens (tertiary/aromatic N) is 7. The third kappa shape index (κ3) is 5.84. The van der Waals surface area contributed by atoms with Gasteiger partial charge in [-0.3, -0.25) is 28.9 Å². The molecule has 0 unspecified atom stereocenters. The summed E-state index contributed by atoms with van der Waals surface area (Å²) in [4.78, 5) is 69.4. The first-order chi connectivity index (χ1) is 29.0. The molecule has 14 nitrogen and oxygen atoms in total. The topological polar surface area (TPSA) is 152 Å². The van der Waals surface area contributed by atoms with Crippen molar-refractivity contribution < 1.29 is 23.2 Å². The SMILES string of the molecule is Cc1cc(-n2c(N3CCN(c4ccccc4)C3=O)nc3c(c2=O)CCN(C(=O)c2cc4cc(C5CCOCC5)ccc4n2[C@@]2(c4noc(=O)[nH]4)C[C@H]2C)[C@H]3C)cc(C)c1F. The number of aromatic amines is 1. The highest BCUT2D eigenvalue weighted by Gasteiger charge is 2.59. The monoisotopic (exact) mass is 812 g/mol. The highest BCUT2D eigenvalue weighted by molar-refractivity contribution is 6.05. The summed E-state index contributed by atoms with van der Waals surface area (Å²) < 4.78 is 29.0. The molecule has 3 aliphatic heterocycles. The number of ether oxygens (including phenoxy) is 1. The van der Waals surface area contributed by atoms with Gasteiger partial charge in [0.1, 0.15) is 17.1 Å². The fourth-order valence-electron chi connectivity index (χ4n) is 9.85. The molecule has 3 amide bonds. The maximum absolute atomic E-state index is 15.2. The van der Waals surface area contributed by atoms with Gasteiger partial charge in [0, 0.05) is 55.0 Å². The van der Waals surface area contributed by atoms with Crippen molar-refractivity contribution in [2.75, 3.05) is 42.6 Å². The Labute approximate surface area is 344 Å². The molecule has 60 heavy (non-hydrogen) atoms. The minimum absolute atomic E-state index is 0.0185. The quantitative estimate of drug-likeness (QED) is 0.192. The van der Waals surface area contributed by atoms with Crippen molar-refractivity contribution in [1.82, 2.24) is 29.2 Å². The Morgan fingerprint density at radius 1 is 0.900 bits per heavy atom. The number of fused-ring (bicyclic) bond motifs is 2. The van der Waals surface area contributed by atoms with Gasteiger partial charge in [-0.25, -0.2) is 23.5 Å². The number of hydrogen-bond donors (Lipinski definition) is 1. The van der Waals surface area contributed by atoms with Gasteiger partial charge in [-0.05, 0) is 117 Å². The molecule has 0 bridgehead atoms.